The van der Waals surface area contributed by atoms with Gasteiger partial charge in [0.2, 0.25) is 0 Å². The van der Waals surface area contributed by atoms with E-state index in [1.165, 1.54) is 7.11 Å². The van der Waals surface area contributed by atoms with Crippen LogP contribution >= 0.6 is 0 Å². The molecule has 0 aliphatic rings. The molecule has 19 heavy (non-hydrogen) atoms. The fourth-order valence-electron chi connectivity index (χ4n) is 1.84. The maximum absolute atomic E-state index is 12.7. The zero-order valence-corrected chi connectivity index (χ0v) is 11.4. The summed E-state index contributed by atoms with van der Waals surface area (Å²) in [5, 5.41) is 0. The Hall–Kier alpha value is -1.08. The molecule has 0 aliphatic carbocycles. The lowest BCUT2D eigenvalue weighted by atomic mass is 10.0. The molecule has 108 valence electrons. The van der Waals surface area contributed by atoms with E-state index in [9.17, 15) is 21.6 Å². The van der Waals surface area contributed by atoms with Crippen LogP contribution in [-0.2, 0) is 21.0 Å². The van der Waals surface area contributed by atoms with Crippen molar-refractivity contribution in [2.24, 2.45) is 0 Å². The standard InChI is InChI=1S/C12H15F3O3S/c1-11(9-18-2,19(16,17)12(13,14)15)8-10-6-4-3-5-7-10/h3-7H,8-9H2,1-2H3. The fourth-order valence-corrected chi connectivity index (χ4v) is 3.02. The molecule has 0 aliphatic heterocycles. The molecule has 3 nitrogen and oxygen atoms in total. The summed E-state index contributed by atoms with van der Waals surface area (Å²) in [5.41, 5.74) is -4.79. The Balaban J connectivity index is 3.19. The van der Waals surface area contributed by atoms with Gasteiger partial charge in [-0.2, -0.15) is 13.2 Å². The van der Waals surface area contributed by atoms with E-state index < -0.39 is 26.7 Å². The van der Waals surface area contributed by atoms with Crippen LogP contribution in [0.5, 0.6) is 0 Å². The molecular formula is C12H15F3O3S. The lowest BCUT2D eigenvalue weighted by Crippen LogP contribution is -2.48. The minimum Gasteiger partial charge on any atom is -0.383 e. The van der Waals surface area contributed by atoms with E-state index in [-0.39, 0.29) is 6.42 Å². The van der Waals surface area contributed by atoms with E-state index in [2.05, 4.69) is 4.74 Å². The molecule has 0 bridgehead atoms. The van der Waals surface area contributed by atoms with Gasteiger partial charge >= 0.3 is 5.51 Å². The fraction of sp³-hybridized carbons (Fsp3) is 0.500. The number of hydrogen-bond acceptors (Lipinski definition) is 3. The van der Waals surface area contributed by atoms with Crippen molar-refractivity contribution in [2.45, 2.75) is 23.6 Å². The molecule has 7 heteroatoms. The van der Waals surface area contributed by atoms with E-state index in [1.54, 1.807) is 30.3 Å². The van der Waals surface area contributed by atoms with Gasteiger partial charge < -0.3 is 4.74 Å². The zero-order valence-electron chi connectivity index (χ0n) is 10.6. The van der Waals surface area contributed by atoms with Crippen molar-refractivity contribution in [1.29, 1.82) is 0 Å². The van der Waals surface area contributed by atoms with Crippen molar-refractivity contribution in [3.05, 3.63) is 35.9 Å². The molecule has 1 aromatic rings. The summed E-state index contributed by atoms with van der Waals surface area (Å²) in [7, 11) is -4.15. The average Bonchev–Trinajstić information content (AvgIpc) is 2.28. The van der Waals surface area contributed by atoms with E-state index in [1.807, 2.05) is 0 Å². The first-order valence-electron chi connectivity index (χ1n) is 5.48. The summed E-state index contributed by atoms with van der Waals surface area (Å²) >= 11 is 0. The number of ether oxygens (including phenoxy) is 1. The van der Waals surface area contributed by atoms with Crippen LogP contribution in [0.1, 0.15) is 12.5 Å². The first kappa shape index (κ1) is 16.0. The van der Waals surface area contributed by atoms with Crippen molar-refractivity contribution >= 4 is 9.84 Å². The Bertz CT molecular complexity index is 511. The topological polar surface area (TPSA) is 43.4 Å². The number of benzene rings is 1. The van der Waals surface area contributed by atoms with Gasteiger partial charge in [-0.1, -0.05) is 30.3 Å². The van der Waals surface area contributed by atoms with Crippen LogP contribution in [0.15, 0.2) is 30.3 Å². The van der Waals surface area contributed by atoms with Crippen LogP contribution in [0, 0.1) is 0 Å². The third-order valence-electron chi connectivity index (χ3n) is 2.82. The molecule has 1 atom stereocenters. The van der Waals surface area contributed by atoms with Crippen molar-refractivity contribution in [2.75, 3.05) is 13.7 Å². The molecule has 1 unspecified atom stereocenters. The SMILES string of the molecule is COCC(C)(Cc1ccccc1)S(=O)(=O)C(F)(F)F. The Morgan fingerprint density at radius 2 is 1.68 bits per heavy atom. The van der Waals surface area contributed by atoms with Gasteiger partial charge in [0.1, 0.15) is 4.75 Å². The van der Waals surface area contributed by atoms with Crippen LogP contribution in [0.4, 0.5) is 13.2 Å². The van der Waals surface area contributed by atoms with Crippen LogP contribution in [-0.4, -0.2) is 32.4 Å². The van der Waals surface area contributed by atoms with Gasteiger partial charge in [0.05, 0.1) is 6.61 Å². The molecule has 0 radical (unpaired) electrons. The molecule has 0 spiro atoms. The highest BCUT2D eigenvalue weighted by Crippen LogP contribution is 2.36. The molecule has 0 aromatic heterocycles. The van der Waals surface area contributed by atoms with Gasteiger partial charge in [-0.3, -0.25) is 0 Å². The quantitative estimate of drug-likeness (QED) is 0.838. The Morgan fingerprint density at radius 3 is 2.11 bits per heavy atom. The molecule has 0 fully saturated rings. The minimum atomic E-state index is -5.32. The van der Waals surface area contributed by atoms with Crippen molar-refractivity contribution < 1.29 is 26.3 Å². The van der Waals surface area contributed by atoms with Gasteiger partial charge in [0, 0.05) is 7.11 Å². The molecule has 0 saturated carbocycles. The molecular weight excluding hydrogens is 281 g/mol. The lowest BCUT2D eigenvalue weighted by molar-refractivity contribution is -0.0469. The van der Waals surface area contributed by atoms with Crippen molar-refractivity contribution in [3.8, 4) is 0 Å². The van der Waals surface area contributed by atoms with Crippen molar-refractivity contribution in [3.63, 3.8) is 0 Å². The molecule has 0 N–H and O–H groups in total. The number of hydrogen-bond donors (Lipinski definition) is 0. The van der Waals surface area contributed by atoms with E-state index in [0.29, 0.717) is 5.56 Å². The molecule has 1 rings (SSSR count). The number of methoxy groups -OCH3 is 1. The van der Waals surface area contributed by atoms with E-state index >= 15 is 0 Å². The second-order valence-corrected chi connectivity index (χ2v) is 6.95. The normalized spacial score (nSPS) is 16.1. The van der Waals surface area contributed by atoms with Gasteiger partial charge in [0.25, 0.3) is 9.84 Å². The smallest absolute Gasteiger partial charge is 0.383 e. The highest BCUT2D eigenvalue weighted by molar-refractivity contribution is 7.93. The summed E-state index contributed by atoms with van der Waals surface area (Å²) in [6, 6.07) is 8.15. The number of sulfone groups is 1. The molecule has 0 heterocycles. The maximum Gasteiger partial charge on any atom is 0.498 e. The number of rotatable bonds is 5. The third kappa shape index (κ3) is 3.27. The highest BCUT2D eigenvalue weighted by Gasteiger charge is 2.57. The van der Waals surface area contributed by atoms with E-state index in [0.717, 1.165) is 6.92 Å². The summed E-state index contributed by atoms with van der Waals surface area (Å²) in [6.07, 6.45) is -0.260. The summed E-state index contributed by atoms with van der Waals surface area (Å²) < 4.78 is 64.1. The zero-order chi connectivity index (χ0) is 14.7. The van der Waals surface area contributed by atoms with Crippen LogP contribution in [0.2, 0.25) is 0 Å². The second-order valence-electron chi connectivity index (χ2n) is 4.49. The summed E-state index contributed by atoms with van der Waals surface area (Å²) in [5.74, 6) is 0. The largest absolute Gasteiger partial charge is 0.498 e. The second kappa shape index (κ2) is 5.50. The maximum atomic E-state index is 12.7. The Labute approximate surface area is 110 Å². The summed E-state index contributed by atoms with van der Waals surface area (Å²) in [6.45, 7) is 0.524. The number of alkyl halides is 3. The first-order valence-corrected chi connectivity index (χ1v) is 6.96. The third-order valence-corrected chi connectivity index (χ3v) is 4.99. The van der Waals surface area contributed by atoms with Crippen molar-refractivity contribution in [1.82, 2.24) is 0 Å². The van der Waals surface area contributed by atoms with E-state index in [4.69, 9.17) is 0 Å². The molecule has 0 saturated heterocycles. The van der Waals surface area contributed by atoms with Crippen LogP contribution in [0.25, 0.3) is 0 Å². The predicted octanol–water partition coefficient (Wildman–Crippen LogP) is 2.57. The summed E-state index contributed by atoms with van der Waals surface area (Å²) in [4.78, 5) is 0. The van der Waals surface area contributed by atoms with Gasteiger partial charge in [-0.25, -0.2) is 8.42 Å². The first-order chi connectivity index (χ1) is 8.64. The lowest BCUT2D eigenvalue weighted by Gasteiger charge is -2.29. The predicted molar refractivity (Wildman–Crippen MR) is 65.4 cm³/mol. The van der Waals surface area contributed by atoms with Crippen LogP contribution < -0.4 is 0 Å². The van der Waals surface area contributed by atoms with Gasteiger partial charge in [-0.15, -0.1) is 0 Å². The van der Waals surface area contributed by atoms with Gasteiger partial charge in [0.15, 0.2) is 0 Å². The van der Waals surface area contributed by atoms with Crippen LogP contribution in [0.3, 0.4) is 0 Å². The Morgan fingerprint density at radius 1 is 1.16 bits per heavy atom. The highest BCUT2D eigenvalue weighted by atomic mass is 32.2. The monoisotopic (exact) mass is 296 g/mol. The molecule has 1 aromatic carbocycles. The van der Waals surface area contributed by atoms with Gasteiger partial charge in [-0.05, 0) is 18.9 Å². The molecule has 0 amide bonds. The number of halogens is 3. The average molecular weight is 296 g/mol. The Kier molecular flexibility index (Phi) is 4.63. The minimum absolute atomic E-state index is 0.260.